The van der Waals surface area contributed by atoms with E-state index in [9.17, 15) is 14.4 Å². The van der Waals surface area contributed by atoms with Crippen LogP contribution in [0.4, 0.5) is 0 Å². The number of benzene rings is 1. The zero-order chi connectivity index (χ0) is 24.1. The highest BCUT2D eigenvalue weighted by molar-refractivity contribution is 5.97. The summed E-state index contributed by atoms with van der Waals surface area (Å²) in [6.45, 7) is 8.76. The number of hydrogen-bond acceptors (Lipinski definition) is 4. The van der Waals surface area contributed by atoms with Crippen molar-refractivity contribution in [1.29, 1.82) is 0 Å². The smallest absolute Gasteiger partial charge is 0.257 e. The van der Waals surface area contributed by atoms with E-state index in [0.717, 1.165) is 19.3 Å². The lowest BCUT2D eigenvalue weighted by molar-refractivity contribution is -0.135. The molecule has 3 aliphatic rings. The van der Waals surface area contributed by atoms with Gasteiger partial charge in [0, 0.05) is 33.1 Å². The summed E-state index contributed by atoms with van der Waals surface area (Å²) in [5, 5.41) is 2.85. The lowest BCUT2D eigenvalue weighted by Crippen LogP contribution is -2.49. The van der Waals surface area contributed by atoms with Crippen molar-refractivity contribution in [3.8, 4) is 5.75 Å². The van der Waals surface area contributed by atoms with Crippen molar-refractivity contribution in [2.24, 2.45) is 10.8 Å². The number of hydrogen-bond donors (Lipinski definition) is 1. The molecule has 1 aromatic rings. The van der Waals surface area contributed by atoms with Crippen LogP contribution in [0, 0.1) is 10.8 Å². The van der Waals surface area contributed by atoms with Crippen LogP contribution in [0.15, 0.2) is 24.3 Å². The monoisotopic (exact) mass is 457 g/mol. The highest BCUT2D eigenvalue weighted by atomic mass is 16.5. The summed E-state index contributed by atoms with van der Waals surface area (Å²) in [5.41, 5.74) is -0.0145. The molecule has 0 radical (unpaired) electrons. The van der Waals surface area contributed by atoms with Gasteiger partial charge in [0.25, 0.3) is 5.91 Å². The Balaban J connectivity index is 1.85. The van der Waals surface area contributed by atoms with Gasteiger partial charge in [0.1, 0.15) is 12.4 Å². The third-order valence-corrected chi connectivity index (χ3v) is 6.82. The molecule has 3 heterocycles. The predicted molar refractivity (Wildman–Crippen MR) is 128 cm³/mol. The average molecular weight is 458 g/mol. The molecule has 1 saturated heterocycles. The number of fused-ring (bicyclic) bond motifs is 9. The fourth-order valence-corrected chi connectivity index (χ4v) is 4.89. The fraction of sp³-hybridized carbons (Fsp3) is 0.654. The molecular formula is C26H39N3O4. The summed E-state index contributed by atoms with van der Waals surface area (Å²) < 4.78 is 6.02. The van der Waals surface area contributed by atoms with Crippen LogP contribution in [0.25, 0.3) is 0 Å². The first-order valence-electron chi connectivity index (χ1n) is 12.2. The van der Waals surface area contributed by atoms with Crippen LogP contribution in [0.3, 0.4) is 0 Å². The van der Waals surface area contributed by atoms with Gasteiger partial charge in [0.2, 0.25) is 11.8 Å². The van der Waals surface area contributed by atoms with E-state index >= 15 is 0 Å². The summed E-state index contributed by atoms with van der Waals surface area (Å²) in [6.07, 6.45) is 4.24. The minimum atomic E-state index is -0.456. The Hall–Kier alpha value is -2.57. The maximum Gasteiger partial charge on any atom is 0.257 e. The molecular weight excluding hydrogens is 418 g/mol. The molecule has 0 atom stereocenters. The van der Waals surface area contributed by atoms with Crippen LogP contribution in [0.1, 0.15) is 69.7 Å². The zero-order valence-corrected chi connectivity index (χ0v) is 20.6. The van der Waals surface area contributed by atoms with Crippen molar-refractivity contribution in [3.05, 3.63) is 29.8 Å². The Kier molecular flexibility index (Phi) is 8.03. The molecule has 0 aliphatic carbocycles. The third kappa shape index (κ3) is 6.27. The molecule has 0 saturated carbocycles. The Morgan fingerprint density at radius 1 is 1.03 bits per heavy atom. The number of para-hydroxylation sites is 1. The van der Waals surface area contributed by atoms with Gasteiger partial charge in [-0.1, -0.05) is 39.3 Å². The molecule has 0 aromatic heterocycles. The lowest BCUT2D eigenvalue weighted by atomic mass is 9.73. The van der Waals surface area contributed by atoms with E-state index in [4.69, 9.17) is 4.74 Å². The second-order valence-electron chi connectivity index (χ2n) is 10.6. The molecule has 2 bridgehead atoms. The Labute approximate surface area is 197 Å². The summed E-state index contributed by atoms with van der Waals surface area (Å²) in [6, 6.07) is 7.30. The van der Waals surface area contributed by atoms with Crippen LogP contribution < -0.4 is 10.1 Å². The van der Waals surface area contributed by atoms with E-state index in [1.54, 1.807) is 13.1 Å². The second kappa shape index (κ2) is 10.6. The van der Waals surface area contributed by atoms with Crippen molar-refractivity contribution in [1.82, 2.24) is 15.1 Å². The first-order chi connectivity index (χ1) is 15.6. The Morgan fingerprint density at radius 2 is 1.73 bits per heavy atom. The summed E-state index contributed by atoms with van der Waals surface area (Å²) in [7, 11) is 1.69. The number of carbonyl (C=O) groups is 3. The zero-order valence-electron chi connectivity index (χ0n) is 20.6. The molecule has 1 fully saturated rings. The first kappa shape index (κ1) is 25.1. The fourth-order valence-electron chi connectivity index (χ4n) is 4.89. The van der Waals surface area contributed by atoms with Gasteiger partial charge < -0.3 is 19.9 Å². The molecule has 1 aromatic carbocycles. The van der Waals surface area contributed by atoms with E-state index in [0.29, 0.717) is 63.4 Å². The van der Waals surface area contributed by atoms with Gasteiger partial charge >= 0.3 is 0 Å². The molecule has 182 valence electrons. The summed E-state index contributed by atoms with van der Waals surface area (Å²) >= 11 is 0. The first-order valence-corrected chi connectivity index (χ1v) is 12.2. The molecule has 33 heavy (non-hydrogen) atoms. The number of nitrogens with one attached hydrogen (secondary N) is 1. The lowest BCUT2D eigenvalue weighted by Gasteiger charge is -2.40. The molecule has 7 nitrogen and oxygen atoms in total. The number of ether oxygens (including phenoxy) is 1. The SMILES string of the molecule is CNC(=O)C12CCCCN(C(=O)CC(C)(C)C)CCOc3ccccc3C(=O)N(CC1)CC2. The average Bonchev–Trinajstić information content (AvgIpc) is 2.79. The van der Waals surface area contributed by atoms with E-state index in [2.05, 4.69) is 26.1 Å². The van der Waals surface area contributed by atoms with Crippen molar-refractivity contribution >= 4 is 17.7 Å². The van der Waals surface area contributed by atoms with Crippen molar-refractivity contribution < 1.29 is 19.1 Å². The van der Waals surface area contributed by atoms with Crippen LogP contribution in [0.2, 0.25) is 0 Å². The van der Waals surface area contributed by atoms with E-state index in [1.165, 1.54) is 0 Å². The number of rotatable bonds is 2. The maximum atomic E-state index is 13.3. The van der Waals surface area contributed by atoms with Gasteiger partial charge in [-0.25, -0.2) is 0 Å². The standard InChI is InChI=1S/C26H39N3O4/c1-25(2,3)19-22(30)28-14-8-7-11-26(24(32)27-4)12-15-29(16-13-26)23(31)20-9-5-6-10-21(20)33-18-17-28/h5-6,9-10H,7-8,11-19H2,1-4H3,(H,27,32). The number of piperidine rings is 1. The van der Waals surface area contributed by atoms with Crippen LogP contribution >= 0.6 is 0 Å². The minimum Gasteiger partial charge on any atom is -0.491 e. The Bertz CT molecular complexity index is 853. The second-order valence-corrected chi connectivity index (χ2v) is 10.6. The van der Waals surface area contributed by atoms with Gasteiger partial charge in [0.15, 0.2) is 0 Å². The molecule has 0 spiro atoms. The van der Waals surface area contributed by atoms with E-state index < -0.39 is 5.41 Å². The van der Waals surface area contributed by atoms with Crippen LogP contribution in [0.5, 0.6) is 5.75 Å². The van der Waals surface area contributed by atoms with Gasteiger partial charge in [-0.15, -0.1) is 0 Å². The van der Waals surface area contributed by atoms with Gasteiger partial charge in [-0.3, -0.25) is 14.4 Å². The quantitative estimate of drug-likeness (QED) is 0.737. The van der Waals surface area contributed by atoms with Gasteiger partial charge in [-0.05, 0) is 43.2 Å². The molecule has 7 heteroatoms. The van der Waals surface area contributed by atoms with Crippen molar-refractivity contribution in [3.63, 3.8) is 0 Å². The number of amides is 3. The largest absolute Gasteiger partial charge is 0.491 e. The molecule has 1 N–H and O–H groups in total. The topological polar surface area (TPSA) is 79.0 Å². The molecule has 3 amide bonds. The van der Waals surface area contributed by atoms with Gasteiger partial charge in [0.05, 0.1) is 17.5 Å². The molecule has 3 aliphatic heterocycles. The summed E-state index contributed by atoms with van der Waals surface area (Å²) in [5.74, 6) is 0.659. The van der Waals surface area contributed by atoms with Gasteiger partial charge in [-0.2, -0.15) is 0 Å². The molecule has 0 unspecified atom stereocenters. The highest BCUT2D eigenvalue weighted by Gasteiger charge is 2.41. The van der Waals surface area contributed by atoms with Crippen molar-refractivity contribution in [2.45, 2.75) is 59.3 Å². The normalized spacial score (nSPS) is 19.7. The van der Waals surface area contributed by atoms with Crippen LogP contribution in [-0.4, -0.2) is 67.4 Å². The van der Waals surface area contributed by atoms with E-state index in [-0.39, 0.29) is 23.1 Å². The third-order valence-electron chi connectivity index (χ3n) is 6.82. The number of carbonyl (C=O) groups excluding carboxylic acids is 3. The summed E-state index contributed by atoms with van der Waals surface area (Å²) in [4.78, 5) is 42.8. The minimum absolute atomic E-state index is 0.0586. The predicted octanol–water partition coefficient (Wildman–Crippen LogP) is 3.48. The molecule has 4 rings (SSSR count). The van der Waals surface area contributed by atoms with E-state index in [1.807, 2.05) is 28.0 Å². The highest BCUT2D eigenvalue weighted by Crippen LogP contribution is 2.38. The van der Waals surface area contributed by atoms with Crippen LogP contribution in [-0.2, 0) is 9.59 Å². The maximum absolute atomic E-state index is 13.3. The Morgan fingerprint density at radius 3 is 2.39 bits per heavy atom. The number of nitrogens with zero attached hydrogens (tertiary/aromatic N) is 2. The van der Waals surface area contributed by atoms with Crippen molar-refractivity contribution in [2.75, 3.05) is 39.8 Å².